The molecule has 0 saturated heterocycles. The predicted octanol–water partition coefficient (Wildman–Crippen LogP) is 4.41. The predicted molar refractivity (Wildman–Crippen MR) is 45.8 cm³/mol. The van der Waals surface area contributed by atoms with Gasteiger partial charge in [0.25, 0.3) is 0 Å². The molecule has 0 saturated carbocycles. The molecule has 0 unspecified atom stereocenters. The lowest BCUT2D eigenvalue weighted by molar-refractivity contribution is -0.416. The standard InChI is InChI=1S/C8H2ClF11O/c9-3(21)1-2-4(10,11)5(12,13)6(14,15)7(16,17)8(18,19)20/h1-2H/b2-1-. The van der Waals surface area contributed by atoms with Crippen molar-refractivity contribution in [3.05, 3.63) is 12.2 Å². The van der Waals surface area contributed by atoms with Gasteiger partial charge in [-0.2, -0.15) is 48.3 Å². The van der Waals surface area contributed by atoms with Crippen molar-refractivity contribution in [2.24, 2.45) is 0 Å². The van der Waals surface area contributed by atoms with Crippen LogP contribution in [0.5, 0.6) is 0 Å². The third-order valence-electron chi connectivity index (χ3n) is 1.99. The van der Waals surface area contributed by atoms with Gasteiger partial charge in [0.15, 0.2) is 0 Å². The summed E-state index contributed by atoms with van der Waals surface area (Å²) in [6.45, 7) is 0. The number of allylic oxidation sites excluding steroid dienone is 2. The summed E-state index contributed by atoms with van der Waals surface area (Å²) in [4.78, 5) is 10.0. The Kier molecular flexibility index (Phi) is 5.02. The molecule has 0 aromatic rings. The van der Waals surface area contributed by atoms with Crippen LogP contribution in [0.25, 0.3) is 0 Å². The van der Waals surface area contributed by atoms with Gasteiger partial charge in [-0.05, 0) is 23.8 Å². The van der Waals surface area contributed by atoms with E-state index in [9.17, 15) is 53.1 Å². The molecule has 21 heavy (non-hydrogen) atoms. The zero-order valence-corrected chi connectivity index (χ0v) is 9.85. The minimum Gasteiger partial charge on any atom is -0.276 e. The van der Waals surface area contributed by atoms with E-state index in [1.54, 1.807) is 0 Å². The van der Waals surface area contributed by atoms with Crippen molar-refractivity contribution in [1.29, 1.82) is 0 Å². The molecule has 0 fully saturated rings. The van der Waals surface area contributed by atoms with Gasteiger partial charge < -0.3 is 0 Å². The van der Waals surface area contributed by atoms with Gasteiger partial charge in [-0.1, -0.05) is 0 Å². The molecule has 0 rings (SSSR count). The maximum atomic E-state index is 12.8. The number of hydrogen-bond acceptors (Lipinski definition) is 1. The van der Waals surface area contributed by atoms with Crippen molar-refractivity contribution >= 4 is 16.8 Å². The molecule has 13 heteroatoms. The van der Waals surface area contributed by atoms with Crippen LogP contribution < -0.4 is 0 Å². The molecule has 124 valence electrons. The van der Waals surface area contributed by atoms with Crippen LogP contribution in [-0.4, -0.2) is 35.1 Å². The lowest BCUT2D eigenvalue weighted by Crippen LogP contribution is -2.66. The van der Waals surface area contributed by atoms with E-state index in [0.717, 1.165) is 0 Å². The second-order valence-corrected chi connectivity index (χ2v) is 3.85. The molecule has 0 N–H and O–H groups in total. The third-order valence-corrected chi connectivity index (χ3v) is 2.11. The normalized spacial score (nSPS) is 15.6. The summed E-state index contributed by atoms with van der Waals surface area (Å²) in [5.41, 5.74) is 0. The molecule has 0 amide bonds. The maximum Gasteiger partial charge on any atom is 0.460 e. The Morgan fingerprint density at radius 2 is 1.10 bits per heavy atom. The summed E-state index contributed by atoms with van der Waals surface area (Å²) >= 11 is 4.39. The van der Waals surface area contributed by atoms with E-state index in [1.165, 1.54) is 0 Å². The van der Waals surface area contributed by atoms with Crippen molar-refractivity contribution < 1.29 is 53.1 Å². The molecule has 0 aromatic carbocycles. The minimum absolute atomic E-state index is 0.600. The monoisotopic (exact) mass is 358 g/mol. The van der Waals surface area contributed by atoms with Crippen molar-refractivity contribution in [1.82, 2.24) is 0 Å². The van der Waals surface area contributed by atoms with Crippen molar-refractivity contribution in [2.75, 3.05) is 0 Å². The van der Waals surface area contributed by atoms with E-state index >= 15 is 0 Å². The number of rotatable bonds is 5. The topological polar surface area (TPSA) is 17.1 Å². The van der Waals surface area contributed by atoms with E-state index in [1.807, 2.05) is 0 Å². The molecule has 0 aromatic heterocycles. The highest BCUT2D eigenvalue weighted by atomic mass is 35.5. The van der Waals surface area contributed by atoms with Crippen LogP contribution in [0.2, 0.25) is 0 Å². The average molecular weight is 359 g/mol. The molecule has 0 atom stereocenters. The maximum absolute atomic E-state index is 12.8. The highest BCUT2D eigenvalue weighted by Crippen LogP contribution is 2.57. The fourth-order valence-electron chi connectivity index (χ4n) is 0.859. The summed E-state index contributed by atoms with van der Waals surface area (Å²) < 4.78 is 136. The molecule has 0 aliphatic rings. The van der Waals surface area contributed by atoms with Crippen molar-refractivity contribution in [3.8, 4) is 0 Å². The Balaban J connectivity index is 5.94. The van der Waals surface area contributed by atoms with Gasteiger partial charge in [-0.3, -0.25) is 4.79 Å². The van der Waals surface area contributed by atoms with E-state index in [-0.39, 0.29) is 0 Å². The van der Waals surface area contributed by atoms with Crippen LogP contribution in [0.1, 0.15) is 0 Å². The molecule has 0 heterocycles. The van der Waals surface area contributed by atoms with Gasteiger partial charge in [-0.15, -0.1) is 0 Å². The van der Waals surface area contributed by atoms with Gasteiger partial charge in [-0.25, -0.2) is 0 Å². The number of hydrogen-bond donors (Lipinski definition) is 0. The molecule has 0 bridgehead atoms. The molecule has 1 nitrogen and oxygen atoms in total. The van der Waals surface area contributed by atoms with Crippen LogP contribution in [0.4, 0.5) is 48.3 Å². The third kappa shape index (κ3) is 3.24. The van der Waals surface area contributed by atoms with Crippen LogP contribution >= 0.6 is 11.6 Å². The zero-order chi connectivity index (χ0) is 17.5. The lowest BCUT2D eigenvalue weighted by atomic mass is 9.98. The Morgan fingerprint density at radius 1 is 0.714 bits per heavy atom. The molecule has 0 radical (unpaired) electrons. The summed E-state index contributed by atoms with van der Waals surface area (Å²) in [7, 11) is 0. The van der Waals surface area contributed by atoms with E-state index < -0.39 is 47.3 Å². The van der Waals surface area contributed by atoms with E-state index in [0.29, 0.717) is 0 Å². The van der Waals surface area contributed by atoms with Gasteiger partial charge in [0.05, 0.1) is 0 Å². The van der Waals surface area contributed by atoms with Gasteiger partial charge in [0.1, 0.15) is 0 Å². The van der Waals surface area contributed by atoms with E-state index in [2.05, 4.69) is 11.6 Å². The van der Waals surface area contributed by atoms with Gasteiger partial charge in [0.2, 0.25) is 5.24 Å². The van der Waals surface area contributed by atoms with Crippen molar-refractivity contribution in [3.63, 3.8) is 0 Å². The van der Waals surface area contributed by atoms with Crippen LogP contribution in [0, 0.1) is 0 Å². The molecular formula is C8H2ClF11O. The first kappa shape index (κ1) is 19.9. The summed E-state index contributed by atoms with van der Waals surface area (Å²) in [5.74, 6) is -28.3. The number of halogens is 12. The number of alkyl halides is 11. The Morgan fingerprint density at radius 3 is 1.38 bits per heavy atom. The second-order valence-electron chi connectivity index (χ2n) is 3.48. The molecule has 0 aliphatic carbocycles. The zero-order valence-electron chi connectivity index (χ0n) is 9.10. The van der Waals surface area contributed by atoms with Gasteiger partial charge in [0, 0.05) is 0 Å². The van der Waals surface area contributed by atoms with E-state index in [4.69, 9.17) is 0 Å². The first-order valence-corrected chi connectivity index (χ1v) is 4.76. The highest BCUT2D eigenvalue weighted by molar-refractivity contribution is 6.66. The first-order chi connectivity index (χ1) is 8.92. The smallest absolute Gasteiger partial charge is 0.276 e. The van der Waals surface area contributed by atoms with Crippen LogP contribution in [-0.2, 0) is 4.79 Å². The summed E-state index contributed by atoms with van der Waals surface area (Å²) in [6.07, 6.45) is -9.12. The van der Waals surface area contributed by atoms with Crippen LogP contribution in [0.3, 0.4) is 0 Å². The quantitative estimate of drug-likeness (QED) is 0.404. The Bertz CT molecular complexity index is 436. The molecular weight excluding hydrogens is 357 g/mol. The Labute approximate surface area is 113 Å². The number of carbonyl (C=O) groups is 1. The SMILES string of the molecule is O=C(Cl)/C=C\C(F)(F)C(F)(F)C(F)(F)C(F)(F)C(F)(F)F. The fourth-order valence-corrected chi connectivity index (χ4v) is 0.922. The minimum atomic E-state index is -7.50. The van der Waals surface area contributed by atoms with Gasteiger partial charge >= 0.3 is 29.9 Å². The van der Waals surface area contributed by atoms with Crippen LogP contribution in [0.15, 0.2) is 12.2 Å². The number of carbonyl (C=O) groups excluding carboxylic acids is 1. The highest BCUT2D eigenvalue weighted by Gasteiger charge is 2.86. The largest absolute Gasteiger partial charge is 0.460 e. The second kappa shape index (κ2) is 5.29. The summed E-state index contributed by atoms with van der Waals surface area (Å²) in [6, 6.07) is 0. The average Bonchev–Trinajstić information content (AvgIpc) is 2.24. The fraction of sp³-hybridized carbons (Fsp3) is 0.625. The Hall–Kier alpha value is -1.07. The lowest BCUT2D eigenvalue weighted by Gasteiger charge is -2.36. The molecule has 0 aliphatic heterocycles. The first-order valence-electron chi connectivity index (χ1n) is 4.38. The van der Waals surface area contributed by atoms with Crippen molar-refractivity contribution in [2.45, 2.75) is 29.9 Å². The summed E-state index contributed by atoms with van der Waals surface area (Å²) in [5, 5.41) is -1.88. The molecule has 0 spiro atoms.